The first-order chi connectivity index (χ1) is 57.7. The summed E-state index contributed by atoms with van der Waals surface area (Å²) in [6, 6.07) is 0. The van der Waals surface area contributed by atoms with Crippen molar-refractivity contribution in [1.29, 1.82) is 0 Å². The number of rotatable bonds is 79. The van der Waals surface area contributed by atoms with Gasteiger partial charge >= 0.3 is 31.7 Å². The molecule has 25 nitrogen and oxygen atoms in total. The molecule has 0 aromatic rings. The van der Waals surface area contributed by atoms with Crippen molar-refractivity contribution in [3.05, 3.63) is 12.2 Å². The Morgan fingerprint density at radius 1 is 0.328 bits per heavy atom. The number of aliphatic hydroxyl groups excluding tert-OH is 9. The van der Waals surface area contributed by atoms with Gasteiger partial charge in [0.1, 0.15) is 92.6 Å². The normalized spacial score (nSPS) is 24.8. The van der Waals surface area contributed by atoms with E-state index in [1.54, 1.807) is 0 Å². The van der Waals surface area contributed by atoms with Gasteiger partial charge in [-0.05, 0) is 51.4 Å². The second-order valence-electron chi connectivity index (χ2n) is 34.6. The number of allylic oxidation sites excluding steroid dienone is 2. The van der Waals surface area contributed by atoms with E-state index in [1.165, 1.54) is 199 Å². The van der Waals surface area contributed by atoms with Crippen LogP contribution in [-0.4, -0.2) is 205 Å². The first-order valence-corrected chi connectivity index (χ1v) is 49.9. The highest BCUT2D eigenvalue weighted by Crippen LogP contribution is 2.49. The zero-order valence-corrected chi connectivity index (χ0v) is 75.6. The third-order valence-electron chi connectivity index (χ3n) is 23.8. The highest BCUT2D eigenvalue weighted by molar-refractivity contribution is 7.47. The summed E-state index contributed by atoms with van der Waals surface area (Å²) < 4.78 is 73.5. The highest BCUT2D eigenvalue weighted by atomic mass is 31.2. The van der Waals surface area contributed by atoms with Crippen molar-refractivity contribution in [2.45, 2.75) is 530 Å². The van der Waals surface area contributed by atoms with Crippen LogP contribution in [0.4, 0.5) is 0 Å². The number of aliphatic hydroxyl groups is 9. The second-order valence-corrected chi connectivity index (χ2v) is 36.0. The molecule has 700 valence electrons. The van der Waals surface area contributed by atoms with E-state index in [1.807, 2.05) is 0 Å². The van der Waals surface area contributed by atoms with E-state index in [-0.39, 0.29) is 25.7 Å². The SMILES string of the molecule is CCCCCC/C=C\CCCCCCCCCC(=O)OC1C(O)C(O)C(OC2OC(CO)C(O)C(O)C2O)C(OP(=O)(O)OCC(COC(=O)CCCCCCCCCCCCCCCCCC)OC(=O)CCCCCCCCCCCCCCCCCC)C1OC1OC(COC(=O)CCCCCCCCCCCCCCC)C(O)C(O)C1O. The Morgan fingerprint density at radius 3 is 1.01 bits per heavy atom. The summed E-state index contributed by atoms with van der Waals surface area (Å²) in [4.78, 5) is 66.5. The van der Waals surface area contributed by atoms with Crippen LogP contribution in [0.2, 0.25) is 0 Å². The largest absolute Gasteiger partial charge is 0.472 e. The van der Waals surface area contributed by atoms with Crippen LogP contribution >= 0.6 is 7.82 Å². The second kappa shape index (κ2) is 72.3. The minimum Gasteiger partial charge on any atom is -0.463 e. The molecule has 2 heterocycles. The molecule has 3 aliphatic rings. The molecule has 119 heavy (non-hydrogen) atoms. The van der Waals surface area contributed by atoms with Gasteiger partial charge in [0.05, 0.1) is 13.2 Å². The van der Waals surface area contributed by atoms with E-state index in [0.29, 0.717) is 32.1 Å². The van der Waals surface area contributed by atoms with Gasteiger partial charge in [-0.1, -0.05) is 361 Å². The molecule has 1 saturated carbocycles. The van der Waals surface area contributed by atoms with Crippen LogP contribution in [-0.2, 0) is 70.7 Å². The zero-order chi connectivity index (χ0) is 86.8. The summed E-state index contributed by atoms with van der Waals surface area (Å²) in [6.07, 6.45) is 31.8. The lowest BCUT2D eigenvalue weighted by Gasteiger charge is -2.50. The Hall–Kier alpha value is -2.79. The maximum absolute atomic E-state index is 14.9. The molecular weight excluding hydrogens is 1550 g/mol. The van der Waals surface area contributed by atoms with Gasteiger partial charge in [0.2, 0.25) is 0 Å². The Kier molecular flexibility index (Phi) is 67.0. The Morgan fingerprint density at radius 2 is 0.630 bits per heavy atom. The molecule has 3 fully saturated rings. The summed E-state index contributed by atoms with van der Waals surface area (Å²) in [5, 5.41) is 102. The van der Waals surface area contributed by atoms with Gasteiger partial charge in [0.15, 0.2) is 24.8 Å². The third kappa shape index (κ3) is 52.2. The summed E-state index contributed by atoms with van der Waals surface area (Å²) in [7, 11) is -5.81. The van der Waals surface area contributed by atoms with Gasteiger partial charge in [0.25, 0.3) is 0 Å². The first-order valence-electron chi connectivity index (χ1n) is 48.4. The van der Waals surface area contributed by atoms with E-state index in [2.05, 4.69) is 39.8 Å². The van der Waals surface area contributed by atoms with Crippen molar-refractivity contribution in [3.63, 3.8) is 0 Å². The topological polar surface area (TPSA) is 380 Å². The smallest absolute Gasteiger partial charge is 0.463 e. The maximum Gasteiger partial charge on any atom is 0.472 e. The number of unbranched alkanes of at least 4 members (excludes halogenated alkanes) is 53. The predicted molar refractivity (Wildman–Crippen MR) is 463 cm³/mol. The monoisotopic (exact) mass is 1720 g/mol. The Labute approximate surface area is 718 Å². The fourth-order valence-corrected chi connectivity index (χ4v) is 17.0. The number of esters is 4. The standard InChI is InChI=1S/C93H173O25P/c1-5-9-13-17-21-25-29-33-36-39-42-46-49-53-57-61-65-76(95)109-70-73(112-78(97)67-63-59-55-51-47-44-40-37-34-30-26-22-18-14-10-6-2)71-111-119(107,108)118-91-89(116-92-86(105)82(101)80(99)74(69-94)113-92)85(104)84(103)88(115-79(98)68-64-60-56-52-48-43-38-35-31-27-23-19-15-11-7-3)90(91)117-93-87(106)83(102)81(100)75(114-93)72-110-77(96)66-62-58-54-50-45-41-32-28-24-20-16-12-8-4/h27,31,73-75,80-94,99-106H,5-26,28-30,32-72H2,1-4H3,(H,107,108)/b31-27-. The molecule has 26 heteroatoms. The van der Waals surface area contributed by atoms with Crippen molar-refractivity contribution in [2.75, 3.05) is 26.4 Å². The molecule has 0 aromatic heterocycles. The minimum atomic E-state index is -5.81. The molecule has 0 spiro atoms. The average molecular weight is 1720 g/mol. The van der Waals surface area contributed by atoms with Gasteiger partial charge in [-0.25, -0.2) is 4.57 Å². The molecule has 0 radical (unpaired) electrons. The van der Waals surface area contributed by atoms with E-state index in [9.17, 15) is 74.6 Å². The molecule has 1 aliphatic carbocycles. The van der Waals surface area contributed by atoms with Crippen LogP contribution < -0.4 is 0 Å². The minimum absolute atomic E-state index is 0.0179. The van der Waals surface area contributed by atoms with Gasteiger partial charge in [-0.15, -0.1) is 0 Å². The number of carbonyl (C=O) groups is 4. The van der Waals surface area contributed by atoms with Crippen molar-refractivity contribution in [3.8, 4) is 0 Å². The van der Waals surface area contributed by atoms with Crippen LogP contribution in [0, 0.1) is 0 Å². The van der Waals surface area contributed by atoms with E-state index < -0.39 is 162 Å². The quantitative estimate of drug-likeness (QED) is 0.00889. The molecule has 0 aromatic carbocycles. The molecule has 0 amide bonds. The van der Waals surface area contributed by atoms with Crippen LogP contribution in [0.25, 0.3) is 0 Å². The van der Waals surface area contributed by atoms with Crippen molar-refractivity contribution < 1.29 is 122 Å². The summed E-state index contributed by atoms with van der Waals surface area (Å²) in [6.45, 7) is 5.63. The Balaban J connectivity index is 1.91. The first kappa shape index (κ1) is 110. The van der Waals surface area contributed by atoms with Gasteiger partial charge in [0, 0.05) is 25.7 Å². The fraction of sp³-hybridized carbons (Fsp3) is 0.935. The number of carbonyl (C=O) groups excluding carboxylic acids is 4. The fourth-order valence-electron chi connectivity index (χ4n) is 16.1. The lowest BCUT2D eigenvalue weighted by atomic mass is 9.84. The van der Waals surface area contributed by atoms with Gasteiger partial charge < -0.3 is 88.7 Å². The van der Waals surface area contributed by atoms with Crippen molar-refractivity contribution in [2.24, 2.45) is 0 Å². The molecule has 2 saturated heterocycles. The summed E-state index contributed by atoms with van der Waals surface area (Å²) in [5.74, 6) is -2.95. The molecule has 18 unspecified atom stereocenters. The van der Waals surface area contributed by atoms with Crippen LogP contribution in [0.5, 0.6) is 0 Å². The molecule has 10 N–H and O–H groups in total. The number of hydrogen-bond donors (Lipinski definition) is 10. The van der Waals surface area contributed by atoms with Crippen LogP contribution in [0.15, 0.2) is 12.2 Å². The van der Waals surface area contributed by atoms with Crippen LogP contribution in [0.1, 0.15) is 426 Å². The Bertz CT molecular complexity index is 2520. The van der Waals surface area contributed by atoms with E-state index in [4.69, 9.17) is 46.9 Å². The molecule has 2 aliphatic heterocycles. The van der Waals surface area contributed by atoms with E-state index in [0.717, 1.165) is 141 Å². The third-order valence-corrected chi connectivity index (χ3v) is 24.8. The van der Waals surface area contributed by atoms with Gasteiger partial charge in [-0.3, -0.25) is 28.2 Å². The number of phosphoric acid groups is 1. The van der Waals surface area contributed by atoms with E-state index >= 15 is 0 Å². The van der Waals surface area contributed by atoms with Crippen molar-refractivity contribution >= 4 is 31.7 Å². The van der Waals surface area contributed by atoms with Crippen molar-refractivity contribution in [1.82, 2.24) is 0 Å². The maximum atomic E-state index is 14.9. The number of phosphoric ester groups is 1. The van der Waals surface area contributed by atoms with Crippen LogP contribution in [0.3, 0.4) is 0 Å². The zero-order valence-electron chi connectivity index (χ0n) is 74.7. The molecule has 0 bridgehead atoms. The lowest BCUT2D eigenvalue weighted by Crippen LogP contribution is -2.70. The highest BCUT2D eigenvalue weighted by Gasteiger charge is 2.60. The average Bonchev–Trinajstić information content (AvgIpc) is 0.753. The number of ether oxygens (including phenoxy) is 8. The molecule has 18 atom stereocenters. The lowest BCUT2D eigenvalue weighted by molar-refractivity contribution is -0.360. The number of hydrogen-bond acceptors (Lipinski definition) is 24. The van der Waals surface area contributed by atoms with Gasteiger partial charge in [-0.2, -0.15) is 0 Å². The molecule has 3 rings (SSSR count). The molecular formula is C93H173O25P. The summed E-state index contributed by atoms with van der Waals surface area (Å²) >= 11 is 0. The predicted octanol–water partition coefficient (Wildman–Crippen LogP) is 18.3. The summed E-state index contributed by atoms with van der Waals surface area (Å²) in [5.41, 5.74) is 0.